The Labute approximate surface area is 124 Å². The van der Waals surface area contributed by atoms with Crippen LogP contribution in [0.2, 0.25) is 0 Å². The van der Waals surface area contributed by atoms with Crippen molar-refractivity contribution < 1.29 is 13.5 Å². The Balaban J connectivity index is 1.93. The number of aliphatic hydroxyl groups excluding tert-OH is 1. The minimum atomic E-state index is -3.58. The molecule has 0 saturated heterocycles. The van der Waals surface area contributed by atoms with Gasteiger partial charge in [-0.1, -0.05) is 48.6 Å². The van der Waals surface area contributed by atoms with Gasteiger partial charge in [-0.2, -0.15) is 0 Å². The Kier molecular flexibility index (Phi) is 3.80. The molecule has 1 aliphatic carbocycles. The predicted octanol–water partition coefficient (Wildman–Crippen LogP) is 2.06. The normalized spacial score (nSPS) is 22.0. The molecular formula is C16H17NO3S. The molecule has 2 aromatic rings. The maximum absolute atomic E-state index is 12.6. The molecule has 5 heteroatoms. The van der Waals surface area contributed by atoms with E-state index in [1.807, 2.05) is 42.5 Å². The van der Waals surface area contributed by atoms with Crippen molar-refractivity contribution in [2.75, 3.05) is 6.61 Å². The maximum atomic E-state index is 12.6. The highest BCUT2D eigenvalue weighted by atomic mass is 32.2. The second-order valence-corrected chi connectivity index (χ2v) is 6.95. The van der Waals surface area contributed by atoms with Crippen LogP contribution >= 0.6 is 0 Å². The van der Waals surface area contributed by atoms with Gasteiger partial charge in [-0.25, -0.2) is 13.1 Å². The van der Waals surface area contributed by atoms with Crippen LogP contribution in [0.1, 0.15) is 6.42 Å². The molecule has 0 amide bonds. The molecule has 21 heavy (non-hydrogen) atoms. The Morgan fingerprint density at radius 2 is 1.86 bits per heavy atom. The van der Waals surface area contributed by atoms with Crippen molar-refractivity contribution in [1.29, 1.82) is 0 Å². The van der Waals surface area contributed by atoms with Crippen LogP contribution in [0.3, 0.4) is 0 Å². The Bertz CT molecular complexity index is 778. The van der Waals surface area contributed by atoms with Crippen molar-refractivity contribution in [3.63, 3.8) is 0 Å². The topological polar surface area (TPSA) is 66.4 Å². The molecule has 0 aliphatic heterocycles. The third kappa shape index (κ3) is 2.85. The van der Waals surface area contributed by atoms with E-state index in [1.54, 1.807) is 12.1 Å². The van der Waals surface area contributed by atoms with Crippen LogP contribution in [-0.4, -0.2) is 26.2 Å². The zero-order valence-electron chi connectivity index (χ0n) is 11.4. The molecule has 1 aliphatic rings. The van der Waals surface area contributed by atoms with Crippen LogP contribution in [0.5, 0.6) is 0 Å². The van der Waals surface area contributed by atoms with Crippen molar-refractivity contribution in [3.8, 4) is 0 Å². The number of fused-ring (bicyclic) bond motifs is 1. The quantitative estimate of drug-likeness (QED) is 0.850. The van der Waals surface area contributed by atoms with Gasteiger partial charge in [0.05, 0.1) is 4.90 Å². The second kappa shape index (κ2) is 5.60. The number of hydrogen-bond donors (Lipinski definition) is 2. The SMILES string of the molecule is O=S(=O)(N[C@@H]1C=C[C@H](CO)C1)c1cccc2ccccc12. The Hall–Kier alpha value is -1.69. The van der Waals surface area contributed by atoms with Crippen molar-refractivity contribution in [1.82, 2.24) is 4.72 Å². The van der Waals surface area contributed by atoms with Crippen LogP contribution < -0.4 is 4.72 Å². The summed E-state index contributed by atoms with van der Waals surface area (Å²) in [4.78, 5) is 0.293. The van der Waals surface area contributed by atoms with Gasteiger partial charge in [0, 0.05) is 24.0 Å². The summed E-state index contributed by atoms with van der Waals surface area (Å²) in [6.45, 7) is 0.0446. The number of hydrogen-bond acceptors (Lipinski definition) is 3. The van der Waals surface area contributed by atoms with E-state index in [4.69, 9.17) is 5.11 Å². The Morgan fingerprint density at radius 1 is 1.10 bits per heavy atom. The van der Waals surface area contributed by atoms with E-state index in [9.17, 15) is 8.42 Å². The minimum Gasteiger partial charge on any atom is -0.396 e. The summed E-state index contributed by atoms with van der Waals surface area (Å²) in [7, 11) is -3.58. The zero-order chi connectivity index (χ0) is 14.9. The first-order valence-corrected chi connectivity index (χ1v) is 8.38. The van der Waals surface area contributed by atoms with Crippen LogP contribution in [-0.2, 0) is 10.0 Å². The molecule has 0 radical (unpaired) electrons. The lowest BCUT2D eigenvalue weighted by molar-refractivity contribution is 0.248. The zero-order valence-corrected chi connectivity index (χ0v) is 12.3. The summed E-state index contributed by atoms with van der Waals surface area (Å²) in [6, 6.07) is 12.4. The van der Waals surface area contributed by atoms with Crippen molar-refractivity contribution in [2.45, 2.75) is 17.4 Å². The number of aliphatic hydroxyl groups is 1. The van der Waals surface area contributed by atoms with Gasteiger partial charge < -0.3 is 5.11 Å². The molecule has 0 unspecified atom stereocenters. The average Bonchev–Trinajstić information content (AvgIpc) is 2.93. The van der Waals surface area contributed by atoms with Crippen molar-refractivity contribution in [3.05, 3.63) is 54.6 Å². The van der Waals surface area contributed by atoms with Gasteiger partial charge in [0.2, 0.25) is 10.0 Å². The number of rotatable bonds is 4. The summed E-state index contributed by atoms with van der Waals surface area (Å²) >= 11 is 0. The summed E-state index contributed by atoms with van der Waals surface area (Å²) in [5.41, 5.74) is 0. The van der Waals surface area contributed by atoms with Gasteiger partial charge in [-0.15, -0.1) is 0 Å². The largest absolute Gasteiger partial charge is 0.396 e. The third-order valence-electron chi connectivity index (χ3n) is 3.75. The summed E-state index contributed by atoms with van der Waals surface area (Å²) in [6.07, 6.45) is 4.26. The van der Waals surface area contributed by atoms with Crippen LogP contribution in [0.25, 0.3) is 10.8 Å². The van der Waals surface area contributed by atoms with E-state index in [1.165, 1.54) is 0 Å². The molecule has 110 valence electrons. The monoisotopic (exact) mass is 303 g/mol. The van der Waals surface area contributed by atoms with E-state index >= 15 is 0 Å². The number of nitrogens with one attached hydrogen (secondary N) is 1. The van der Waals surface area contributed by atoms with Gasteiger partial charge in [-0.3, -0.25) is 0 Å². The lowest BCUT2D eigenvalue weighted by atomic mass is 10.1. The molecule has 0 aromatic heterocycles. The summed E-state index contributed by atoms with van der Waals surface area (Å²) in [5.74, 6) is 0.0326. The number of sulfonamides is 1. The van der Waals surface area contributed by atoms with Gasteiger partial charge >= 0.3 is 0 Å². The fourth-order valence-corrected chi connectivity index (χ4v) is 4.12. The molecular weight excluding hydrogens is 286 g/mol. The van der Waals surface area contributed by atoms with E-state index < -0.39 is 10.0 Å². The molecule has 2 atom stereocenters. The van der Waals surface area contributed by atoms with E-state index in [0.717, 1.165) is 5.39 Å². The highest BCUT2D eigenvalue weighted by Crippen LogP contribution is 2.24. The molecule has 0 saturated carbocycles. The molecule has 4 nitrogen and oxygen atoms in total. The van der Waals surface area contributed by atoms with E-state index in [0.29, 0.717) is 16.7 Å². The maximum Gasteiger partial charge on any atom is 0.241 e. The third-order valence-corrected chi connectivity index (χ3v) is 5.30. The lowest BCUT2D eigenvalue weighted by Gasteiger charge is -2.14. The highest BCUT2D eigenvalue weighted by Gasteiger charge is 2.25. The minimum absolute atomic E-state index is 0.0326. The first-order chi connectivity index (χ1) is 10.1. The van der Waals surface area contributed by atoms with Crippen LogP contribution in [0, 0.1) is 5.92 Å². The van der Waals surface area contributed by atoms with Crippen LogP contribution in [0.4, 0.5) is 0 Å². The van der Waals surface area contributed by atoms with Crippen molar-refractivity contribution in [2.24, 2.45) is 5.92 Å². The van der Waals surface area contributed by atoms with E-state index in [2.05, 4.69) is 4.72 Å². The van der Waals surface area contributed by atoms with Gasteiger partial charge in [-0.05, 0) is 17.9 Å². The average molecular weight is 303 g/mol. The molecule has 0 fully saturated rings. The first-order valence-electron chi connectivity index (χ1n) is 6.89. The molecule has 0 bridgehead atoms. The molecule has 3 rings (SSSR count). The second-order valence-electron chi connectivity index (χ2n) is 5.27. The molecule has 0 heterocycles. The van der Waals surface area contributed by atoms with Gasteiger partial charge in [0.1, 0.15) is 0 Å². The summed E-state index contributed by atoms with van der Waals surface area (Å²) in [5, 5.41) is 10.7. The lowest BCUT2D eigenvalue weighted by Crippen LogP contribution is -2.33. The molecule has 2 N–H and O–H groups in total. The van der Waals surface area contributed by atoms with Gasteiger partial charge in [0.25, 0.3) is 0 Å². The van der Waals surface area contributed by atoms with E-state index in [-0.39, 0.29) is 18.6 Å². The predicted molar refractivity (Wildman–Crippen MR) is 82.4 cm³/mol. The van der Waals surface area contributed by atoms with Gasteiger partial charge in [0.15, 0.2) is 0 Å². The molecule has 2 aromatic carbocycles. The Morgan fingerprint density at radius 3 is 2.62 bits per heavy atom. The molecule has 0 spiro atoms. The highest BCUT2D eigenvalue weighted by molar-refractivity contribution is 7.89. The smallest absolute Gasteiger partial charge is 0.241 e. The standard InChI is InChI=1S/C16H17NO3S/c18-11-12-8-9-14(10-12)17-21(19,20)16-7-3-5-13-4-1-2-6-15(13)16/h1-9,12,14,17-18H,10-11H2/t12-,14+/m0/s1. The number of benzene rings is 2. The fraction of sp³-hybridized carbons (Fsp3) is 0.250. The first kappa shape index (κ1) is 14.3. The summed E-state index contributed by atoms with van der Waals surface area (Å²) < 4.78 is 27.9. The van der Waals surface area contributed by atoms with Crippen LogP contribution in [0.15, 0.2) is 59.5 Å². The fourth-order valence-electron chi connectivity index (χ4n) is 2.69. The van der Waals surface area contributed by atoms with Crippen molar-refractivity contribution >= 4 is 20.8 Å².